The van der Waals surface area contributed by atoms with Crippen LogP contribution in [-0.4, -0.2) is 52.8 Å². The van der Waals surface area contributed by atoms with Crippen molar-refractivity contribution in [1.29, 1.82) is 0 Å². The Hall–Kier alpha value is -3.79. The number of aliphatic carboxylic acids is 1. The average molecular weight is 471 g/mol. The largest absolute Gasteiger partial charge is 0.493 e. The minimum Gasteiger partial charge on any atom is -0.493 e. The van der Waals surface area contributed by atoms with Crippen molar-refractivity contribution in [2.45, 2.75) is 20.0 Å². The maximum Gasteiger partial charge on any atom is 0.344 e. The lowest BCUT2D eigenvalue weighted by atomic mass is 10.1. The van der Waals surface area contributed by atoms with Crippen LogP contribution in [0.1, 0.15) is 18.1 Å². The average Bonchev–Trinajstić information content (AvgIpc) is 3.03. The molecule has 9 nitrogen and oxygen atoms in total. The van der Waals surface area contributed by atoms with Crippen LogP contribution in [0.4, 0.5) is 10.5 Å². The van der Waals surface area contributed by atoms with Crippen molar-refractivity contribution >= 4 is 46.5 Å². The number of hydrogen-bond acceptors (Lipinski definition) is 7. The molecule has 172 valence electrons. The highest BCUT2D eigenvalue weighted by molar-refractivity contribution is 8.18. The maximum absolute atomic E-state index is 12.7. The van der Waals surface area contributed by atoms with Gasteiger partial charge >= 0.3 is 5.97 Å². The van der Waals surface area contributed by atoms with E-state index in [2.05, 4.69) is 5.32 Å². The standard InChI is InChI=1S/C23H22N2O7S/c1-13-4-7-16(8-5-13)24-20(26)12-25-21(27)19(33-23(25)30)11-15-6-9-17(18(10-15)31-3)32-14(2)22(28)29/h4-11,14H,12H2,1-3H3,(H,24,26)(H,28,29). The van der Waals surface area contributed by atoms with E-state index in [4.69, 9.17) is 14.6 Å². The number of anilines is 1. The maximum atomic E-state index is 12.7. The summed E-state index contributed by atoms with van der Waals surface area (Å²) in [6, 6.07) is 11.8. The Morgan fingerprint density at radius 3 is 2.48 bits per heavy atom. The lowest BCUT2D eigenvalue weighted by Crippen LogP contribution is -2.36. The predicted molar refractivity (Wildman–Crippen MR) is 123 cm³/mol. The lowest BCUT2D eigenvalue weighted by Gasteiger charge is -2.14. The number of methoxy groups -OCH3 is 1. The monoisotopic (exact) mass is 470 g/mol. The molecule has 1 atom stereocenters. The number of benzene rings is 2. The van der Waals surface area contributed by atoms with Gasteiger partial charge in [-0.05, 0) is 61.5 Å². The van der Waals surface area contributed by atoms with Crippen molar-refractivity contribution in [3.8, 4) is 11.5 Å². The molecule has 0 aliphatic carbocycles. The van der Waals surface area contributed by atoms with Crippen LogP contribution in [0.5, 0.6) is 11.5 Å². The summed E-state index contributed by atoms with van der Waals surface area (Å²) in [6.07, 6.45) is 0.419. The quantitative estimate of drug-likeness (QED) is 0.562. The minimum absolute atomic E-state index is 0.151. The summed E-state index contributed by atoms with van der Waals surface area (Å²) in [4.78, 5) is 49.4. The number of amides is 3. The second-order valence-electron chi connectivity index (χ2n) is 7.19. The number of ether oxygens (including phenoxy) is 2. The first-order valence-electron chi connectivity index (χ1n) is 9.87. The molecule has 3 rings (SSSR count). The molecule has 0 radical (unpaired) electrons. The van der Waals surface area contributed by atoms with Crippen molar-refractivity contribution in [2.24, 2.45) is 0 Å². The number of nitrogens with zero attached hydrogens (tertiary/aromatic N) is 1. The normalized spacial score (nSPS) is 15.5. The fraction of sp³-hybridized carbons (Fsp3) is 0.217. The van der Waals surface area contributed by atoms with Gasteiger partial charge in [0.2, 0.25) is 5.91 Å². The van der Waals surface area contributed by atoms with Crippen molar-refractivity contribution in [3.63, 3.8) is 0 Å². The third-order valence-electron chi connectivity index (χ3n) is 4.65. The first-order valence-corrected chi connectivity index (χ1v) is 10.7. The Morgan fingerprint density at radius 1 is 1.15 bits per heavy atom. The first kappa shape index (κ1) is 23.9. The lowest BCUT2D eigenvalue weighted by molar-refractivity contribution is -0.144. The first-order chi connectivity index (χ1) is 15.7. The molecule has 1 aliphatic heterocycles. The highest BCUT2D eigenvalue weighted by atomic mass is 32.2. The number of carboxylic acid groups (broad SMARTS) is 1. The molecule has 0 saturated carbocycles. The van der Waals surface area contributed by atoms with E-state index in [-0.39, 0.29) is 16.4 Å². The van der Waals surface area contributed by atoms with Gasteiger partial charge in [0, 0.05) is 5.69 Å². The highest BCUT2D eigenvalue weighted by Gasteiger charge is 2.36. The van der Waals surface area contributed by atoms with Crippen molar-refractivity contribution < 1.29 is 33.8 Å². The molecule has 0 bridgehead atoms. The Morgan fingerprint density at radius 2 is 1.85 bits per heavy atom. The second-order valence-corrected chi connectivity index (χ2v) is 8.18. The Bertz CT molecular complexity index is 1130. The Labute approximate surface area is 194 Å². The summed E-state index contributed by atoms with van der Waals surface area (Å²) in [5.41, 5.74) is 2.15. The molecular formula is C23H22N2O7S. The molecule has 0 spiro atoms. The summed E-state index contributed by atoms with van der Waals surface area (Å²) < 4.78 is 10.6. The van der Waals surface area contributed by atoms with E-state index < -0.39 is 35.7 Å². The summed E-state index contributed by atoms with van der Waals surface area (Å²) >= 11 is 0.728. The molecule has 10 heteroatoms. The molecule has 3 amide bonds. The van der Waals surface area contributed by atoms with Gasteiger partial charge in [0.1, 0.15) is 6.54 Å². The number of nitrogens with one attached hydrogen (secondary N) is 1. The van der Waals surface area contributed by atoms with Gasteiger partial charge in [-0.3, -0.25) is 19.3 Å². The molecule has 1 fully saturated rings. The van der Waals surface area contributed by atoms with E-state index in [0.717, 1.165) is 22.2 Å². The third-order valence-corrected chi connectivity index (χ3v) is 5.55. The smallest absolute Gasteiger partial charge is 0.344 e. The van der Waals surface area contributed by atoms with E-state index in [1.165, 1.54) is 26.2 Å². The van der Waals surface area contributed by atoms with Crippen LogP contribution in [0, 0.1) is 6.92 Å². The van der Waals surface area contributed by atoms with Gasteiger partial charge < -0.3 is 19.9 Å². The molecule has 2 aromatic carbocycles. The van der Waals surface area contributed by atoms with Gasteiger partial charge in [-0.1, -0.05) is 23.8 Å². The number of carboxylic acids is 1. The number of hydrogen-bond donors (Lipinski definition) is 2. The van der Waals surface area contributed by atoms with Gasteiger partial charge in [-0.2, -0.15) is 0 Å². The molecule has 33 heavy (non-hydrogen) atoms. The number of carbonyl (C=O) groups is 4. The molecule has 0 aromatic heterocycles. The fourth-order valence-corrected chi connectivity index (χ4v) is 3.72. The predicted octanol–water partition coefficient (Wildman–Crippen LogP) is 3.53. The van der Waals surface area contributed by atoms with Crippen LogP contribution in [0.2, 0.25) is 0 Å². The number of imide groups is 1. The zero-order valence-electron chi connectivity index (χ0n) is 18.2. The van der Waals surface area contributed by atoms with Crippen molar-refractivity contribution in [1.82, 2.24) is 4.90 Å². The number of rotatable bonds is 8. The summed E-state index contributed by atoms with van der Waals surface area (Å²) in [5.74, 6) is -1.69. The summed E-state index contributed by atoms with van der Waals surface area (Å²) in [6.45, 7) is 2.91. The third kappa shape index (κ3) is 5.92. The number of aryl methyl sites for hydroxylation is 1. The molecule has 2 N–H and O–H groups in total. The van der Waals surface area contributed by atoms with Crippen LogP contribution >= 0.6 is 11.8 Å². The van der Waals surface area contributed by atoms with Crippen LogP contribution in [0.3, 0.4) is 0 Å². The van der Waals surface area contributed by atoms with Crippen LogP contribution < -0.4 is 14.8 Å². The molecule has 1 heterocycles. The minimum atomic E-state index is -1.12. The van der Waals surface area contributed by atoms with E-state index in [1.807, 2.05) is 19.1 Å². The topological polar surface area (TPSA) is 122 Å². The molecular weight excluding hydrogens is 448 g/mol. The molecule has 2 aromatic rings. The SMILES string of the molecule is COc1cc(C=C2SC(=O)N(CC(=O)Nc3ccc(C)cc3)C2=O)ccc1OC(C)C(=O)O. The van der Waals surface area contributed by atoms with Gasteiger partial charge in [0.05, 0.1) is 12.0 Å². The zero-order valence-corrected chi connectivity index (χ0v) is 19.0. The molecule has 1 unspecified atom stereocenters. The highest BCUT2D eigenvalue weighted by Crippen LogP contribution is 2.34. The van der Waals surface area contributed by atoms with Crippen LogP contribution in [0.25, 0.3) is 6.08 Å². The van der Waals surface area contributed by atoms with Gasteiger partial charge in [-0.15, -0.1) is 0 Å². The van der Waals surface area contributed by atoms with Gasteiger partial charge in [0.25, 0.3) is 11.1 Å². The number of thioether (sulfide) groups is 1. The van der Waals surface area contributed by atoms with E-state index in [0.29, 0.717) is 11.3 Å². The zero-order chi connectivity index (χ0) is 24.1. The Kier molecular flexibility index (Phi) is 7.39. The number of carbonyl (C=O) groups excluding carboxylic acids is 3. The van der Waals surface area contributed by atoms with Gasteiger partial charge in [-0.25, -0.2) is 4.79 Å². The van der Waals surface area contributed by atoms with E-state index in [9.17, 15) is 19.2 Å². The van der Waals surface area contributed by atoms with Crippen molar-refractivity contribution in [2.75, 3.05) is 19.0 Å². The van der Waals surface area contributed by atoms with Crippen molar-refractivity contribution in [3.05, 3.63) is 58.5 Å². The Balaban J connectivity index is 1.71. The summed E-state index contributed by atoms with van der Waals surface area (Å²) in [7, 11) is 1.40. The second kappa shape index (κ2) is 10.2. The van der Waals surface area contributed by atoms with E-state index >= 15 is 0 Å². The van der Waals surface area contributed by atoms with E-state index in [1.54, 1.807) is 24.3 Å². The molecule has 1 aliphatic rings. The molecule has 1 saturated heterocycles. The van der Waals surface area contributed by atoms with Crippen LogP contribution in [0.15, 0.2) is 47.4 Å². The fourth-order valence-electron chi connectivity index (χ4n) is 2.88. The summed E-state index contributed by atoms with van der Waals surface area (Å²) in [5, 5.41) is 11.1. The van der Waals surface area contributed by atoms with Crippen LogP contribution in [-0.2, 0) is 14.4 Å². The van der Waals surface area contributed by atoms with Gasteiger partial charge in [0.15, 0.2) is 17.6 Å².